The molecular weight excluding hydrogens is 396 g/mol. The van der Waals surface area contributed by atoms with Gasteiger partial charge in [-0.05, 0) is 75.6 Å². The summed E-state index contributed by atoms with van der Waals surface area (Å²) in [5.74, 6) is -1.26. The summed E-state index contributed by atoms with van der Waals surface area (Å²) in [4.78, 5) is 36.0. The van der Waals surface area contributed by atoms with Gasteiger partial charge in [0.2, 0.25) is 5.91 Å². The average molecular weight is 427 g/mol. The number of rotatable bonds is 7. The molecule has 1 heterocycles. The Bertz CT molecular complexity index is 941. The Morgan fingerprint density at radius 3 is 2.32 bits per heavy atom. The number of hydrogen-bond donors (Lipinski definition) is 4. The second-order valence-electron chi connectivity index (χ2n) is 8.67. The van der Waals surface area contributed by atoms with Gasteiger partial charge in [-0.2, -0.15) is 5.10 Å². The monoisotopic (exact) mass is 426 g/mol. The smallest absolute Gasteiger partial charge is 0.328 e. The van der Waals surface area contributed by atoms with Crippen LogP contribution >= 0.6 is 0 Å². The van der Waals surface area contributed by atoms with Gasteiger partial charge in [-0.25, -0.2) is 4.79 Å². The number of carboxylic acid groups (broad SMARTS) is 1. The van der Waals surface area contributed by atoms with Crippen molar-refractivity contribution < 1.29 is 19.5 Å². The maximum Gasteiger partial charge on any atom is 0.328 e. The fourth-order valence-electron chi connectivity index (χ4n) is 3.85. The third-order valence-corrected chi connectivity index (χ3v) is 5.95. The number of aromatic amines is 1. The predicted molar refractivity (Wildman–Crippen MR) is 117 cm³/mol. The van der Waals surface area contributed by atoms with Gasteiger partial charge in [0.1, 0.15) is 11.2 Å². The number of carbonyl (C=O) groups is 3. The van der Waals surface area contributed by atoms with Crippen LogP contribution in [0.4, 0.5) is 5.69 Å². The molecule has 1 aromatic heterocycles. The maximum absolute atomic E-state index is 12.4. The van der Waals surface area contributed by atoms with Gasteiger partial charge >= 0.3 is 5.97 Å². The molecular formula is C23H30N4O4. The maximum atomic E-state index is 12.4. The Labute approximate surface area is 181 Å². The Kier molecular flexibility index (Phi) is 6.77. The second kappa shape index (κ2) is 9.32. The molecule has 1 aromatic carbocycles. The molecule has 3 rings (SSSR count). The fourth-order valence-corrected chi connectivity index (χ4v) is 3.85. The number of H-pyrrole nitrogens is 1. The summed E-state index contributed by atoms with van der Waals surface area (Å²) in [6.45, 7) is 4.97. The molecule has 1 saturated carbocycles. The van der Waals surface area contributed by atoms with Gasteiger partial charge < -0.3 is 15.7 Å². The zero-order valence-corrected chi connectivity index (χ0v) is 18.2. The van der Waals surface area contributed by atoms with Gasteiger partial charge in [0, 0.05) is 11.6 Å². The first-order chi connectivity index (χ1) is 14.7. The summed E-state index contributed by atoms with van der Waals surface area (Å²) < 4.78 is 0. The minimum absolute atomic E-state index is 0.157. The van der Waals surface area contributed by atoms with Crippen LogP contribution in [0.2, 0.25) is 0 Å². The van der Waals surface area contributed by atoms with E-state index in [-0.39, 0.29) is 17.7 Å². The number of amides is 2. The molecule has 1 aliphatic carbocycles. The zero-order valence-electron chi connectivity index (χ0n) is 18.2. The zero-order chi connectivity index (χ0) is 22.6. The van der Waals surface area contributed by atoms with Gasteiger partial charge in [-0.15, -0.1) is 0 Å². The van der Waals surface area contributed by atoms with Gasteiger partial charge in [-0.3, -0.25) is 14.7 Å². The molecule has 0 saturated heterocycles. The van der Waals surface area contributed by atoms with Gasteiger partial charge in [-0.1, -0.05) is 19.1 Å². The molecule has 0 atom stereocenters. The van der Waals surface area contributed by atoms with Crippen molar-refractivity contribution in [1.29, 1.82) is 0 Å². The highest BCUT2D eigenvalue weighted by Gasteiger charge is 2.33. The first-order valence-electron chi connectivity index (χ1n) is 10.7. The van der Waals surface area contributed by atoms with E-state index in [9.17, 15) is 19.5 Å². The van der Waals surface area contributed by atoms with Crippen LogP contribution < -0.4 is 10.6 Å². The van der Waals surface area contributed by atoms with Crippen LogP contribution in [0.1, 0.15) is 74.1 Å². The molecule has 0 unspecified atom stereocenters. The Hall–Kier alpha value is -3.16. The van der Waals surface area contributed by atoms with Crippen LogP contribution in [0.5, 0.6) is 0 Å². The summed E-state index contributed by atoms with van der Waals surface area (Å²) in [6, 6.07) is 9.55. The van der Waals surface area contributed by atoms with Crippen LogP contribution in [0, 0.1) is 5.92 Å². The fraction of sp³-hybridized carbons (Fsp3) is 0.478. The first kappa shape index (κ1) is 22.5. The van der Waals surface area contributed by atoms with E-state index >= 15 is 0 Å². The number of carbonyl (C=O) groups excluding carboxylic acids is 2. The van der Waals surface area contributed by atoms with E-state index < -0.39 is 11.5 Å². The average Bonchev–Trinajstić information content (AvgIpc) is 3.23. The topological polar surface area (TPSA) is 124 Å². The Morgan fingerprint density at radius 2 is 1.77 bits per heavy atom. The number of aromatic nitrogens is 2. The van der Waals surface area contributed by atoms with Crippen molar-refractivity contribution in [2.24, 2.45) is 5.92 Å². The Morgan fingerprint density at radius 1 is 1.13 bits per heavy atom. The third kappa shape index (κ3) is 5.51. The number of carboxylic acids is 1. The second-order valence-corrected chi connectivity index (χ2v) is 8.67. The number of nitrogens with one attached hydrogen (secondary N) is 3. The van der Waals surface area contributed by atoms with Crippen molar-refractivity contribution >= 4 is 23.5 Å². The summed E-state index contributed by atoms with van der Waals surface area (Å²) in [5, 5.41) is 21.5. The van der Waals surface area contributed by atoms with Crippen LogP contribution in [0.15, 0.2) is 30.3 Å². The number of aryl methyl sites for hydroxylation is 1. The van der Waals surface area contributed by atoms with Crippen molar-refractivity contribution in [2.45, 2.75) is 64.3 Å². The lowest BCUT2D eigenvalue weighted by Gasteiger charge is -2.30. The van der Waals surface area contributed by atoms with E-state index in [1.165, 1.54) is 19.4 Å². The van der Waals surface area contributed by atoms with E-state index in [2.05, 4.69) is 20.8 Å². The number of benzene rings is 1. The number of hydrogen-bond acceptors (Lipinski definition) is 4. The highest BCUT2D eigenvalue weighted by Crippen LogP contribution is 2.36. The first-order valence-corrected chi connectivity index (χ1v) is 10.7. The van der Waals surface area contributed by atoms with E-state index in [0.29, 0.717) is 17.3 Å². The molecule has 2 aromatic rings. The summed E-state index contributed by atoms with van der Waals surface area (Å²) in [7, 11) is 0. The molecule has 8 heteroatoms. The molecule has 1 fully saturated rings. The molecule has 0 spiro atoms. The number of anilines is 1. The Balaban J connectivity index is 1.52. The number of aliphatic carboxylic acids is 1. The van der Waals surface area contributed by atoms with Crippen LogP contribution in [0.25, 0.3) is 0 Å². The SMILES string of the molecule is CCc1cc(C(=O)Nc2ccc([C@H]3CC[C@H](C(=O)NC(C)(C)C(=O)O)CC3)cc2)[nH]n1. The molecule has 0 aliphatic heterocycles. The van der Waals surface area contributed by atoms with E-state index in [0.717, 1.165) is 37.8 Å². The van der Waals surface area contributed by atoms with Crippen LogP contribution in [-0.2, 0) is 16.0 Å². The molecule has 0 radical (unpaired) electrons. The normalized spacial score (nSPS) is 18.9. The van der Waals surface area contributed by atoms with Crippen molar-refractivity contribution in [3.8, 4) is 0 Å². The van der Waals surface area contributed by atoms with Gasteiger partial charge in [0.25, 0.3) is 5.91 Å². The van der Waals surface area contributed by atoms with Crippen molar-refractivity contribution in [3.63, 3.8) is 0 Å². The third-order valence-electron chi connectivity index (χ3n) is 5.95. The van der Waals surface area contributed by atoms with E-state index in [1.54, 1.807) is 6.07 Å². The molecule has 0 bridgehead atoms. The van der Waals surface area contributed by atoms with E-state index in [1.807, 2.05) is 31.2 Å². The van der Waals surface area contributed by atoms with Crippen molar-refractivity contribution in [3.05, 3.63) is 47.3 Å². The standard InChI is InChI=1S/C23H30N4O4/c1-4-17-13-19(27-26-17)21(29)24-18-11-9-15(10-12-18)14-5-7-16(8-6-14)20(28)25-23(2,3)22(30)31/h9-14,16H,4-8H2,1-3H3,(H,24,29)(H,25,28)(H,26,27)(H,30,31)/t14-,16-. The summed E-state index contributed by atoms with van der Waals surface area (Å²) in [6.07, 6.45) is 3.95. The molecule has 4 N–H and O–H groups in total. The lowest BCUT2D eigenvalue weighted by Crippen LogP contribution is -2.51. The van der Waals surface area contributed by atoms with E-state index in [4.69, 9.17) is 0 Å². The minimum Gasteiger partial charge on any atom is -0.480 e. The lowest BCUT2D eigenvalue weighted by atomic mass is 9.78. The van der Waals surface area contributed by atoms with Gasteiger partial charge in [0.15, 0.2) is 0 Å². The van der Waals surface area contributed by atoms with Crippen molar-refractivity contribution in [1.82, 2.24) is 15.5 Å². The summed E-state index contributed by atoms with van der Waals surface area (Å²) in [5.41, 5.74) is 1.91. The lowest BCUT2D eigenvalue weighted by molar-refractivity contribution is -0.146. The molecule has 166 valence electrons. The quantitative estimate of drug-likeness (QED) is 0.540. The van der Waals surface area contributed by atoms with Crippen molar-refractivity contribution in [2.75, 3.05) is 5.32 Å². The highest BCUT2D eigenvalue weighted by atomic mass is 16.4. The molecule has 2 amide bonds. The van der Waals surface area contributed by atoms with Crippen LogP contribution in [-0.4, -0.2) is 38.6 Å². The highest BCUT2D eigenvalue weighted by molar-refractivity contribution is 6.02. The minimum atomic E-state index is -1.26. The molecule has 1 aliphatic rings. The largest absolute Gasteiger partial charge is 0.480 e. The van der Waals surface area contributed by atoms with Crippen LogP contribution in [0.3, 0.4) is 0 Å². The van der Waals surface area contributed by atoms with Gasteiger partial charge in [0.05, 0.1) is 5.69 Å². The molecule has 31 heavy (non-hydrogen) atoms. The molecule has 8 nitrogen and oxygen atoms in total. The summed E-state index contributed by atoms with van der Waals surface area (Å²) >= 11 is 0. The number of nitrogens with zero attached hydrogens (tertiary/aromatic N) is 1. The predicted octanol–water partition coefficient (Wildman–Crippen LogP) is 3.48.